The maximum atomic E-state index is 12.3. The van der Waals surface area contributed by atoms with Crippen molar-refractivity contribution in [2.24, 2.45) is 5.92 Å². The van der Waals surface area contributed by atoms with Crippen LogP contribution in [0, 0.1) is 5.92 Å². The van der Waals surface area contributed by atoms with Gasteiger partial charge in [0.15, 0.2) is 0 Å². The molecular formula is C19H28N2O5. The Kier molecular flexibility index (Phi) is 10.9. The maximum Gasteiger partial charge on any atom is 0.224 e. The summed E-state index contributed by atoms with van der Waals surface area (Å²) in [5.41, 5.74) is 0.716. The smallest absolute Gasteiger partial charge is 0.224 e. The van der Waals surface area contributed by atoms with E-state index in [0.29, 0.717) is 25.1 Å². The third-order valence-corrected chi connectivity index (χ3v) is 3.71. The number of allylic oxidation sites excluding steroid dienone is 1. The van der Waals surface area contributed by atoms with Crippen LogP contribution < -0.4 is 10.6 Å². The predicted molar refractivity (Wildman–Crippen MR) is 98.2 cm³/mol. The van der Waals surface area contributed by atoms with Crippen molar-refractivity contribution in [3.8, 4) is 0 Å². The summed E-state index contributed by atoms with van der Waals surface area (Å²) in [5.74, 6) is -1.11. The third kappa shape index (κ3) is 8.75. The Morgan fingerprint density at radius 3 is 2.58 bits per heavy atom. The molecule has 0 heterocycles. The van der Waals surface area contributed by atoms with E-state index in [-0.39, 0.29) is 38.0 Å². The van der Waals surface area contributed by atoms with Gasteiger partial charge in [-0.2, -0.15) is 0 Å². The van der Waals surface area contributed by atoms with Gasteiger partial charge in [-0.05, 0) is 12.0 Å². The van der Waals surface area contributed by atoms with Gasteiger partial charge in [-0.15, -0.1) is 6.58 Å². The summed E-state index contributed by atoms with van der Waals surface area (Å²) >= 11 is 0. The first-order valence-corrected chi connectivity index (χ1v) is 8.65. The highest BCUT2D eigenvalue weighted by Gasteiger charge is 2.21. The van der Waals surface area contributed by atoms with Crippen molar-refractivity contribution >= 4 is 11.8 Å². The van der Waals surface area contributed by atoms with Crippen LogP contribution in [0.2, 0.25) is 0 Å². The lowest BCUT2D eigenvalue weighted by Crippen LogP contribution is -2.37. The van der Waals surface area contributed by atoms with Crippen molar-refractivity contribution < 1.29 is 24.5 Å². The Hall–Kier alpha value is -2.22. The van der Waals surface area contributed by atoms with Crippen LogP contribution >= 0.6 is 0 Å². The van der Waals surface area contributed by atoms with E-state index in [1.54, 1.807) is 18.2 Å². The minimum Gasteiger partial charge on any atom is -0.394 e. The van der Waals surface area contributed by atoms with Crippen LogP contribution in [0.25, 0.3) is 0 Å². The lowest BCUT2D eigenvalue weighted by Gasteiger charge is -2.17. The molecule has 0 unspecified atom stereocenters. The van der Waals surface area contributed by atoms with Crippen molar-refractivity contribution in [1.29, 1.82) is 0 Å². The van der Waals surface area contributed by atoms with E-state index in [0.717, 1.165) is 0 Å². The average molecular weight is 364 g/mol. The van der Waals surface area contributed by atoms with E-state index >= 15 is 0 Å². The van der Waals surface area contributed by atoms with Crippen LogP contribution in [0.1, 0.15) is 24.5 Å². The van der Waals surface area contributed by atoms with Crippen molar-refractivity contribution in [2.45, 2.75) is 18.9 Å². The zero-order valence-corrected chi connectivity index (χ0v) is 14.9. The molecule has 0 aliphatic carbocycles. The summed E-state index contributed by atoms with van der Waals surface area (Å²) in [6.07, 6.45) is 1.18. The number of ether oxygens (including phenoxy) is 1. The monoisotopic (exact) mass is 364 g/mol. The van der Waals surface area contributed by atoms with Crippen LogP contribution in [0.4, 0.5) is 0 Å². The summed E-state index contributed by atoms with van der Waals surface area (Å²) in [6, 6.07) is 9.04. The number of rotatable bonds is 13. The predicted octanol–water partition coefficient (Wildman–Crippen LogP) is 0.544. The number of aliphatic hydroxyl groups excluding tert-OH is 2. The Morgan fingerprint density at radius 2 is 1.92 bits per heavy atom. The fraction of sp³-hybridized carbons (Fsp3) is 0.474. The van der Waals surface area contributed by atoms with Crippen LogP contribution in [0.5, 0.6) is 0 Å². The number of amides is 2. The van der Waals surface area contributed by atoms with Gasteiger partial charge >= 0.3 is 0 Å². The molecular weight excluding hydrogens is 336 g/mol. The largest absolute Gasteiger partial charge is 0.394 e. The van der Waals surface area contributed by atoms with Gasteiger partial charge in [-0.1, -0.05) is 36.4 Å². The molecule has 0 spiro atoms. The van der Waals surface area contributed by atoms with E-state index < -0.39 is 12.0 Å². The third-order valence-electron chi connectivity index (χ3n) is 3.71. The van der Waals surface area contributed by atoms with E-state index in [2.05, 4.69) is 17.2 Å². The quantitative estimate of drug-likeness (QED) is 0.302. The highest BCUT2D eigenvalue weighted by Crippen LogP contribution is 2.13. The Morgan fingerprint density at radius 1 is 1.19 bits per heavy atom. The van der Waals surface area contributed by atoms with Crippen molar-refractivity contribution in [1.82, 2.24) is 10.6 Å². The van der Waals surface area contributed by atoms with Gasteiger partial charge in [0.05, 0.1) is 31.8 Å². The van der Waals surface area contributed by atoms with Gasteiger partial charge in [0, 0.05) is 19.5 Å². The normalized spacial score (nSPS) is 12.8. The highest BCUT2D eigenvalue weighted by atomic mass is 16.5. The second kappa shape index (κ2) is 13.0. The van der Waals surface area contributed by atoms with E-state index in [4.69, 9.17) is 9.84 Å². The SMILES string of the molecule is C=CC[C@H](CC(=O)NCCOCCO)C(=O)NC[C@H](O)c1ccccc1. The molecule has 1 aromatic rings. The van der Waals surface area contributed by atoms with Crippen LogP contribution in [-0.4, -0.2) is 54.9 Å². The molecule has 2 amide bonds. The van der Waals surface area contributed by atoms with E-state index in [1.165, 1.54) is 0 Å². The fourth-order valence-electron chi connectivity index (χ4n) is 2.34. The number of carbonyl (C=O) groups is 2. The second-order valence-electron chi connectivity index (χ2n) is 5.78. The molecule has 4 N–H and O–H groups in total. The number of hydrogen-bond donors (Lipinski definition) is 4. The Balaban J connectivity index is 2.40. The van der Waals surface area contributed by atoms with Crippen molar-refractivity contribution in [3.63, 3.8) is 0 Å². The first kappa shape index (κ1) is 21.8. The molecule has 0 bridgehead atoms. The molecule has 1 rings (SSSR count). The van der Waals surface area contributed by atoms with Crippen LogP contribution in [0.3, 0.4) is 0 Å². The summed E-state index contributed by atoms with van der Waals surface area (Å²) in [4.78, 5) is 24.3. The lowest BCUT2D eigenvalue weighted by atomic mass is 9.99. The molecule has 26 heavy (non-hydrogen) atoms. The van der Waals surface area contributed by atoms with E-state index in [1.807, 2.05) is 18.2 Å². The average Bonchev–Trinajstić information content (AvgIpc) is 2.66. The number of hydrogen-bond acceptors (Lipinski definition) is 5. The topological polar surface area (TPSA) is 108 Å². The minimum absolute atomic E-state index is 0.0271. The molecule has 7 nitrogen and oxygen atoms in total. The molecule has 7 heteroatoms. The lowest BCUT2D eigenvalue weighted by molar-refractivity contribution is -0.130. The summed E-state index contributed by atoms with van der Waals surface area (Å²) in [6.45, 7) is 4.47. The molecule has 2 atom stereocenters. The summed E-state index contributed by atoms with van der Waals surface area (Å²) < 4.78 is 5.05. The van der Waals surface area contributed by atoms with Gasteiger partial charge in [-0.3, -0.25) is 9.59 Å². The molecule has 0 saturated carbocycles. The maximum absolute atomic E-state index is 12.3. The second-order valence-corrected chi connectivity index (χ2v) is 5.78. The molecule has 0 fully saturated rings. The standard InChI is InChI=1S/C19H28N2O5/c1-2-6-16(13-18(24)20-9-11-26-12-10-22)19(25)21-14-17(23)15-7-4-3-5-8-15/h2-5,7-8,16-17,22-23H,1,6,9-14H2,(H,20,24)(H,21,25)/t16-,17+/m1/s1. The van der Waals surface area contributed by atoms with E-state index in [9.17, 15) is 14.7 Å². The summed E-state index contributed by atoms with van der Waals surface area (Å²) in [5, 5.41) is 24.0. The van der Waals surface area contributed by atoms with Gasteiger partial charge in [0.2, 0.25) is 11.8 Å². The Bertz CT molecular complexity index is 550. The van der Waals surface area contributed by atoms with Gasteiger partial charge in [-0.25, -0.2) is 0 Å². The van der Waals surface area contributed by atoms with Crippen molar-refractivity contribution in [2.75, 3.05) is 32.9 Å². The molecule has 0 aliphatic rings. The zero-order chi connectivity index (χ0) is 19.2. The molecule has 0 aromatic heterocycles. The first-order chi connectivity index (χ1) is 12.6. The number of carbonyl (C=O) groups excluding carboxylic acids is 2. The van der Waals surface area contributed by atoms with Gasteiger partial charge < -0.3 is 25.6 Å². The molecule has 144 valence electrons. The van der Waals surface area contributed by atoms with Crippen LogP contribution in [0.15, 0.2) is 43.0 Å². The Labute approximate surface area is 154 Å². The molecule has 0 radical (unpaired) electrons. The number of aliphatic hydroxyl groups is 2. The first-order valence-electron chi connectivity index (χ1n) is 8.65. The van der Waals surface area contributed by atoms with Gasteiger partial charge in [0.25, 0.3) is 0 Å². The fourth-order valence-corrected chi connectivity index (χ4v) is 2.34. The molecule has 1 aromatic carbocycles. The van der Waals surface area contributed by atoms with Crippen molar-refractivity contribution in [3.05, 3.63) is 48.6 Å². The van der Waals surface area contributed by atoms with Crippen LogP contribution in [-0.2, 0) is 14.3 Å². The van der Waals surface area contributed by atoms with Gasteiger partial charge in [0.1, 0.15) is 0 Å². The minimum atomic E-state index is -0.804. The summed E-state index contributed by atoms with van der Waals surface area (Å²) in [7, 11) is 0. The highest BCUT2D eigenvalue weighted by molar-refractivity contribution is 5.85. The molecule has 0 aliphatic heterocycles. The molecule has 0 saturated heterocycles. The zero-order valence-electron chi connectivity index (χ0n) is 14.9. The number of nitrogens with one attached hydrogen (secondary N) is 2. The number of benzene rings is 1.